The molecular formula is C5H7N. The van der Waals surface area contributed by atoms with Gasteiger partial charge in [-0.1, -0.05) is 11.6 Å². The molecule has 6 heavy (non-hydrogen) atoms. The molecule has 32 valence electrons. The summed E-state index contributed by atoms with van der Waals surface area (Å²) in [6.45, 7) is 0. The molecule has 0 aliphatic heterocycles. The van der Waals surface area contributed by atoms with Gasteiger partial charge >= 0.3 is 0 Å². The maximum Gasteiger partial charge on any atom is 0.0320 e. The zero-order valence-corrected chi connectivity index (χ0v) is 3.52. The molecule has 0 amide bonds. The first-order valence-corrected chi connectivity index (χ1v) is 2.34. The fourth-order valence-electron chi connectivity index (χ4n) is 0.987. The molecule has 2 unspecified atom stereocenters. The van der Waals surface area contributed by atoms with Crippen molar-refractivity contribution in [3.63, 3.8) is 0 Å². The molecule has 1 nitrogen and oxygen atoms in total. The van der Waals surface area contributed by atoms with E-state index in [1.54, 1.807) is 0 Å². The van der Waals surface area contributed by atoms with Crippen LogP contribution in [0.25, 0.3) is 0 Å². The molecule has 2 atom stereocenters. The fourth-order valence-corrected chi connectivity index (χ4v) is 0.987. The molecule has 2 N–H and O–H groups in total. The smallest absolute Gasteiger partial charge is 0.0320 e. The van der Waals surface area contributed by atoms with Gasteiger partial charge in [-0.3, -0.25) is 0 Å². The Hall–Kier alpha value is -0.300. The lowest BCUT2D eigenvalue weighted by Gasteiger charge is -2.45. The van der Waals surface area contributed by atoms with Crippen LogP contribution in [-0.2, 0) is 0 Å². The van der Waals surface area contributed by atoms with Crippen molar-refractivity contribution in [2.24, 2.45) is 11.7 Å². The third-order valence-corrected chi connectivity index (χ3v) is 1.79. The highest BCUT2D eigenvalue weighted by atomic mass is 14.7. The largest absolute Gasteiger partial charge is 0.324 e. The molecular weight excluding hydrogens is 74.1 g/mol. The van der Waals surface area contributed by atoms with Gasteiger partial charge in [0.2, 0.25) is 0 Å². The topological polar surface area (TPSA) is 26.0 Å². The predicted molar refractivity (Wildman–Crippen MR) is 24.2 cm³/mol. The van der Waals surface area contributed by atoms with Gasteiger partial charge in [0.05, 0.1) is 0 Å². The molecule has 3 aliphatic carbocycles. The van der Waals surface area contributed by atoms with E-state index in [9.17, 15) is 0 Å². The molecule has 0 aromatic rings. The van der Waals surface area contributed by atoms with E-state index in [1.807, 2.05) is 0 Å². The molecule has 1 saturated carbocycles. The van der Waals surface area contributed by atoms with Crippen molar-refractivity contribution in [2.45, 2.75) is 12.5 Å². The van der Waals surface area contributed by atoms with E-state index in [2.05, 4.69) is 6.08 Å². The summed E-state index contributed by atoms with van der Waals surface area (Å²) in [6.07, 6.45) is 3.56. The Kier molecular flexibility index (Phi) is 0.263. The summed E-state index contributed by atoms with van der Waals surface area (Å²) in [7, 11) is 0. The van der Waals surface area contributed by atoms with Gasteiger partial charge in [0, 0.05) is 6.04 Å². The maximum absolute atomic E-state index is 5.50. The average Bonchev–Trinajstić information content (AvgIpc) is 1.28. The summed E-state index contributed by atoms with van der Waals surface area (Å²) >= 11 is 0. The fraction of sp³-hybridized carbons (Fsp3) is 0.600. The first-order chi connectivity index (χ1) is 2.88. The molecule has 3 aliphatic rings. The Morgan fingerprint density at radius 1 is 1.83 bits per heavy atom. The van der Waals surface area contributed by atoms with Gasteiger partial charge in [0.15, 0.2) is 0 Å². The number of nitrogens with two attached hydrogens (primary N) is 1. The highest BCUT2D eigenvalue weighted by Crippen LogP contribution is 2.44. The van der Waals surface area contributed by atoms with Crippen LogP contribution in [0.5, 0.6) is 0 Å². The molecule has 0 aromatic carbocycles. The van der Waals surface area contributed by atoms with Crippen LogP contribution in [0, 0.1) is 5.92 Å². The van der Waals surface area contributed by atoms with E-state index < -0.39 is 0 Å². The molecule has 2 bridgehead atoms. The second-order valence-electron chi connectivity index (χ2n) is 2.14. The van der Waals surface area contributed by atoms with Gasteiger partial charge in [-0.25, -0.2) is 0 Å². The standard InChI is InChI=1S/C5H7N/c6-5-3-1-4(5)2-3/h1,3,5H,2,6H2. The Morgan fingerprint density at radius 2 is 2.17 bits per heavy atom. The highest BCUT2D eigenvalue weighted by Gasteiger charge is 2.40. The highest BCUT2D eigenvalue weighted by molar-refractivity contribution is 5.38. The summed E-state index contributed by atoms with van der Waals surface area (Å²) in [4.78, 5) is 0. The molecule has 0 saturated heterocycles. The van der Waals surface area contributed by atoms with Crippen LogP contribution >= 0.6 is 0 Å². The first-order valence-electron chi connectivity index (χ1n) is 2.34. The van der Waals surface area contributed by atoms with E-state index in [0.717, 1.165) is 5.92 Å². The molecule has 0 heterocycles. The van der Waals surface area contributed by atoms with Crippen LogP contribution in [0.4, 0.5) is 0 Å². The minimum absolute atomic E-state index is 0.491. The van der Waals surface area contributed by atoms with Gasteiger partial charge in [-0.15, -0.1) is 0 Å². The monoisotopic (exact) mass is 81.1 g/mol. The van der Waals surface area contributed by atoms with E-state index >= 15 is 0 Å². The van der Waals surface area contributed by atoms with Crippen molar-refractivity contribution < 1.29 is 0 Å². The van der Waals surface area contributed by atoms with Crippen molar-refractivity contribution >= 4 is 0 Å². The second kappa shape index (κ2) is 0.562. The normalized spacial score (nSPS) is 49.2. The minimum atomic E-state index is 0.491. The quantitative estimate of drug-likeness (QED) is 0.416. The summed E-state index contributed by atoms with van der Waals surface area (Å²) in [5, 5.41) is 0. The van der Waals surface area contributed by atoms with Gasteiger partial charge < -0.3 is 5.73 Å². The minimum Gasteiger partial charge on any atom is -0.324 e. The number of rotatable bonds is 0. The third kappa shape index (κ3) is 0.109. The lowest BCUT2D eigenvalue weighted by atomic mass is 9.63. The zero-order chi connectivity index (χ0) is 4.15. The predicted octanol–water partition coefficient (Wildman–Crippen LogP) is 0.274. The van der Waals surface area contributed by atoms with Crippen molar-refractivity contribution in [3.05, 3.63) is 11.6 Å². The van der Waals surface area contributed by atoms with E-state index in [4.69, 9.17) is 5.73 Å². The number of hydrogen-bond acceptors (Lipinski definition) is 1. The summed E-state index contributed by atoms with van der Waals surface area (Å²) < 4.78 is 0. The van der Waals surface area contributed by atoms with Crippen molar-refractivity contribution in [2.75, 3.05) is 0 Å². The Morgan fingerprint density at radius 3 is 2.17 bits per heavy atom. The lowest BCUT2D eigenvalue weighted by molar-refractivity contribution is 0.356. The van der Waals surface area contributed by atoms with Crippen LogP contribution in [0.2, 0.25) is 0 Å². The van der Waals surface area contributed by atoms with Gasteiger partial charge in [-0.05, 0) is 12.3 Å². The molecule has 1 heteroatoms. The summed E-state index contributed by atoms with van der Waals surface area (Å²) in [5.74, 6) is 0.792. The van der Waals surface area contributed by atoms with E-state index in [0.29, 0.717) is 6.04 Å². The van der Waals surface area contributed by atoms with Crippen LogP contribution < -0.4 is 5.73 Å². The molecule has 0 aromatic heterocycles. The molecule has 1 fully saturated rings. The SMILES string of the molecule is NC1C2=CC1C2. The summed E-state index contributed by atoms with van der Waals surface area (Å²) in [5.41, 5.74) is 6.99. The van der Waals surface area contributed by atoms with Crippen molar-refractivity contribution in [1.29, 1.82) is 0 Å². The Bertz CT molecular complexity index is 115. The zero-order valence-electron chi connectivity index (χ0n) is 3.52. The van der Waals surface area contributed by atoms with Gasteiger partial charge in [0.1, 0.15) is 0 Å². The van der Waals surface area contributed by atoms with Crippen molar-refractivity contribution in [3.8, 4) is 0 Å². The average molecular weight is 81.1 g/mol. The Balaban J connectivity index is 2.36. The summed E-state index contributed by atoms with van der Waals surface area (Å²) in [6, 6.07) is 0.491. The van der Waals surface area contributed by atoms with E-state index in [-0.39, 0.29) is 0 Å². The second-order valence-corrected chi connectivity index (χ2v) is 2.14. The van der Waals surface area contributed by atoms with Crippen molar-refractivity contribution in [1.82, 2.24) is 0 Å². The molecule has 0 radical (unpaired) electrons. The Labute approximate surface area is 36.8 Å². The first kappa shape index (κ1) is 2.80. The molecule has 3 rings (SSSR count). The van der Waals surface area contributed by atoms with Crippen LogP contribution in [-0.4, -0.2) is 6.04 Å². The van der Waals surface area contributed by atoms with Crippen LogP contribution in [0.15, 0.2) is 11.6 Å². The van der Waals surface area contributed by atoms with Gasteiger partial charge in [-0.2, -0.15) is 0 Å². The van der Waals surface area contributed by atoms with Gasteiger partial charge in [0.25, 0.3) is 0 Å². The van der Waals surface area contributed by atoms with Crippen LogP contribution in [0.3, 0.4) is 0 Å². The lowest BCUT2D eigenvalue weighted by Crippen LogP contribution is -2.49. The molecule has 0 spiro atoms. The van der Waals surface area contributed by atoms with E-state index in [1.165, 1.54) is 12.0 Å². The van der Waals surface area contributed by atoms with Crippen LogP contribution in [0.1, 0.15) is 6.42 Å². The third-order valence-electron chi connectivity index (χ3n) is 1.79. The maximum atomic E-state index is 5.50. The number of hydrogen-bond donors (Lipinski definition) is 1.